The van der Waals surface area contributed by atoms with Gasteiger partial charge in [-0.05, 0) is 44.7 Å². The molecule has 2 aromatic rings. The number of nitrogens with zero attached hydrogens (tertiary/aromatic N) is 1. The van der Waals surface area contributed by atoms with E-state index in [0.717, 1.165) is 16.5 Å². The number of fused-ring (bicyclic) bond motifs is 1. The third kappa shape index (κ3) is 5.08. The molecule has 4 atom stereocenters. The van der Waals surface area contributed by atoms with Gasteiger partial charge in [-0.3, -0.25) is 19.2 Å². The minimum absolute atomic E-state index is 0.304. The third-order valence-electron chi connectivity index (χ3n) is 5.75. The van der Waals surface area contributed by atoms with Crippen LogP contribution in [0.25, 0.3) is 10.9 Å². The lowest BCUT2D eigenvalue weighted by Crippen LogP contribution is -2.55. The molecule has 2 heterocycles. The Labute approximate surface area is 185 Å². The molecule has 0 radical (unpaired) electrons. The fraction of sp³-hybridized carbons (Fsp3) is 0.455. The molecular weight excluding hydrogens is 414 g/mol. The van der Waals surface area contributed by atoms with Crippen LogP contribution >= 0.6 is 0 Å². The van der Waals surface area contributed by atoms with E-state index in [0.29, 0.717) is 25.8 Å². The number of nitrogens with two attached hydrogens (primary N) is 1. The SMILES string of the molecule is CC(NC(=O)C1CCCN1C(=O)C(C)NC(=O)C(N)Cc1c[nH]c2ccccc12)C(=O)O. The standard InChI is InChI=1S/C22H29N5O5/c1-12(21(30)27-9-5-8-18(27)20(29)26-13(2)22(31)32)25-19(28)16(23)10-14-11-24-17-7-4-3-6-15(14)17/h3-4,6-7,11-13,16,18,24H,5,8-10,23H2,1-2H3,(H,25,28)(H,26,29)(H,31,32). The number of hydrogen-bond donors (Lipinski definition) is 5. The van der Waals surface area contributed by atoms with Gasteiger partial charge in [-0.25, -0.2) is 0 Å². The van der Waals surface area contributed by atoms with Gasteiger partial charge in [-0.15, -0.1) is 0 Å². The fourth-order valence-electron chi connectivity index (χ4n) is 3.94. The number of aromatic amines is 1. The van der Waals surface area contributed by atoms with Gasteiger partial charge in [0.1, 0.15) is 18.1 Å². The zero-order valence-corrected chi connectivity index (χ0v) is 18.1. The van der Waals surface area contributed by atoms with Gasteiger partial charge in [0.15, 0.2) is 0 Å². The molecule has 1 fully saturated rings. The summed E-state index contributed by atoms with van der Waals surface area (Å²) in [5.41, 5.74) is 7.95. The molecule has 10 heteroatoms. The number of carbonyl (C=O) groups excluding carboxylic acids is 3. The Morgan fingerprint density at radius 3 is 2.62 bits per heavy atom. The summed E-state index contributed by atoms with van der Waals surface area (Å²) in [5, 5.41) is 15.0. The minimum Gasteiger partial charge on any atom is -0.480 e. The van der Waals surface area contributed by atoms with Crippen molar-refractivity contribution >= 4 is 34.6 Å². The number of amides is 3. The first-order valence-corrected chi connectivity index (χ1v) is 10.6. The van der Waals surface area contributed by atoms with Gasteiger partial charge in [0.2, 0.25) is 17.7 Å². The second kappa shape index (κ2) is 9.82. The van der Waals surface area contributed by atoms with Crippen LogP contribution in [0.15, 0.2) is 30.5 Å². The monoisotopic (exact) mass is 443 g/mol. The summed E-state index contributed by atoms with van der Waals surface area (Å²) in [6.07, 6.45) is 3.17. The van der Waals surface area contributed by atoms with Gasteiger partial charge in [0.25, 0.3) is 0 Å². The van der Waals surface area contributed by atoms with Crippen molar-refractivity contribution in [2.24, 2.45) is 5.73 Å². The lowest BCUT2D eigenvalue weighted by molar-refractivity contribution is -0.144. The number of para-hydroxylation sites is 1. The van der Waals surface area contributed by atoms with Crippen molar-refractivity contribution in [3.63, 3.8) is 0 Å². The first-order chi connectivity index (χ1) is 15.2. The van der Waals surface area contributed by atoms with Crippen molar-refractivity contribution in [2.75, 3.05) is 6.54 Å². The number of benzene rings is 1. The molecule has 0 saturated carbocycles. The number of nitrogens with one attached hydrogen (secondary N) is 3. The van der Waals surface area contributed by atoms with Crippen molar-refractivity contribution < 1.29 is 24.3 Å². The molecule has 1 aromatic heterocycles. The van der Waals surface area contributed by atoms with Crippen LogP contribution in [0.2, 0.25) is 0 Å². The van der Waals surface area contributed by atoms with Crippen molar-refractivity contribution in [1.82, 2.24) is 20.5 Å². The van der Waals surface area contributed by atoms with E-state index in [9.17, 15) is 19.2 Å². The van der Waals surface area contributed by atoms with E-state index in [-0.39, 0.29) is 0 Å². The van der Waals surface area contributed by atoms with E-state index in [2.05, 4.69) is 15.6 Å². The van der Waals surface area contributed by atoms with Crippen LogP contribution in [-0.2, 0) is 25.6 Å². The maximum absolute atomic E-state index is 12.9. The summed E-state index contributed by atoms with van der Waals surface area (Å²) in [6, 6.07) is 4.17. The molecular formula is C22H29N5O5. The van der Waals surface area contributed by atoms with Gasteiger partial charge in [-0.2, -0.15) is 0 Å². The van der Waals surface area contributed by atoms with Crippen LogP contribution in [0.3, 0.4) is 0 Å². The predicted octanol–water partition coefficient (Wildman–Crippen LogP) is 0.123. The smallest absolute Gasteiger partial charge is 0.325 e. The highest BCUT2D eigenvalue weighted by atomic mass is 16.4. The number of rotatable bonds is 8. The molecule has 0 spiro atoms. The van der Waals surface area contributed by atoms with E-state index in [1.807, 2.05) is 30.5 Å². The average molecular weight is 444 g/mol. The first kappa shape index (κ1) is 23.3. The second-order valence-corrected chi connectivity index (χ2v) is 8.16. The summed E-state index contributed by atoms with van der Waals surface area (Å²) >= 11 is 0. The third-order valence-corrected chi connectivity index (χ3v) is 5.75. The van der Waals surface area contributed by atoms with E-state index in [4.69, 9.17) is 10.8 Å². The average Bonchev–Trinajstić information content (AvgIpc) is 3.40. The van der Waals surface area contributed by atoms with E-state index in [1.54, 1.807) is 6.92 Å². The quantitative estimate of drug-likeness (QED) is 0.390. The van der Waals surface area contributed by atoms with Crippen LogP contribution in [-0.4, -0.2) is 69.4 Å². The zero-order valence-electron chi connectivity index (χ0n) is 18.1. The Hall–Kier alpha value is -3.40. The fourth-order valence-corrected chi connectivity index (χ4v) is 3.94. The van der Waals surface area contributed by atoms with Gasteiger partial charge >= 0.3 is 5.97 Å². The van der Waals surface area contributed by atoms with E-state index in [1.165, 1.54) is 11.8 Å². The summed E-state index contributed by atoms with van der Waals surface area (Å²) in [6.45, 7) is 3.27. The van der Waals surface area contributed by atoms with Crippen LogP contribution in [0.5, 0.6) is 0 Å². The zero-order chi connectivity index (χ0) is 23.4. The molecule has 10 nitrogen and oxygen atoms in total. The topological polar surface area (TPSA) is 158 Å². The molecule has 1 aromatic carbocycles. The lowest BCUT2D eigenvalue weighted by atomic mass is 10.0. The molecule has 1 aliphatic heterocycles. The summed E-state index contributed by atoms with van der Waals surface area (Å²) in [5.74, 6) is -2.53. The Balaban J connectivity index is 1.58. The molecule has 0 aliphatic carbocycles. The number of H-pyrrole nitrogens is 1. The number of hydrogen-bond acceptors (Lipinski definition) is 5. The highest BCUT2D eigenvalue weighted by Gasteiger charge is 2.37. The summed E-state index contributed by atoms with van der Waals surface area (Å²) < 4.78 is 0. The van der Waals surface area contributed by atoms with E-state index < -0.39 is 47.9 Å². The van der Waals surface area contributed by atoms with Crippen LogP contribution < -0.4 is 16.4 Å². The Morgan fingerprint density at radius 2 is 1.91 bits per heavy atom. The maximum atomic E-state index is 12.9. The van der Waals surface area contributed by atoms with Crippen molar-refractivity contribution in [1.29, 1.82) is 0 Å². The number of aliphatic carboxylic acids is 1. The molecule has 0 bridgehead atoms. The van der Waals surface area contributed by atoms with Crippen LogP contribution in [0, 0.1) is 0 Å². The number of likely N-dealkylation sites (tertiary alicyclic amines) is 1. The van der Waals surface area contributed by atoms with Gasteiger partial charge in [0, 0.05) is 23.6 Å². The maximum Gasteiger partial charge on any atom is 0.325 e. The number of carbonyl (C=O) groups is 4. The van der Waals surface area contributed by atoms with Crippen molar-refractivity contribution in [2.45, 2.75) is 57.3 Å². The molecule has 1 saturated heterocycles. The molecule has 32 heavy (non-hydrogen) atoms. The Kier molecular flexibility index (Phi) is 7.14. The van der Waals surface area contributed by atoms with Crippen LogP contribution in [0.4, 0.5) is 0 Å². The molecule has 3 rings (SSSR count). The first-order valence-electron chi connectivity index (χ1n) is 10.6. The van der Waals surface area contributed by atoms with Gasteiger partial charge in [0.05, 0.1) is 6.04 Å². The predicted molar refractivity (Wildman–Crippen MR) is 118 cm³/mol. The molecule has 1 aliphatic rings. The molecule has 6 N–H and O–H groups in total. The molecule has 4 unspecified atom stereocenters. The second-order valence-electron chi connectivity index (χ2n) is 8.16. The van der Waals surface area contributed by atoms with Gasteiger partial charge in [-0.1, -0.05) is 18.2 Å². The minimum atomic E-state index is -1.15. The van der Waals surface area contributed by atoms with Crippen molar-refractivity contribution in [3.05, 3.63) is 36.0 Å². The Morgan fingerprint density at radius 1 is 1.19 bits per heavy atom. The molecule has 172 valence electrons. The lowest BCUT2D eigenvalue weighted by Gasteiger charge is -2.28. The molecule has 3 amide bonds. The summed E-state index contributed by atoms with van der Waals surface area (Å²) in [7, 11) is 0. The number of carboxylic acids is 1. The normalized spacial score (nSPS) is 18.7. The number of carboxylic acid groups (broad SMARTS) is 1. The summed E-state index contributed by atoms with van der Waals surface area (Å²) in [4.78, 5) is 53.5. The Bertz CT molecular complexity index is 1020. The largest absolute Gasteiger partial charge is 0.480 e. The highest BCUT2D eigenvalue weighted by molar-refractivity contribution is 5.94. The van der Waals surface area contributed by atoms with Crippen LogP contribution in [0.1, 0.15) is 32.3 Å². The number of aromatic nitrogens is 1. The van der Waals surface area contributed by atoms with Crippen molar-refractivity contribution in [3.8, 4) is 0 Å². The highest BCUT2D eigenvalue weighted by Crippen LogP contribution is 2.20. The van der Waals surface area contributed by atoms with Gasteiger partial charge < -0.3 is 31.4 Å². The van der Waals surface area contributed by atoms with E-state index >= 15 is 0 Å².